The molecule has 0 saturated carbocycles. The molecule has 0 bridgehead atoms. The second-order valence-electron chi connectivity index (χ2n) is 6.06. The summed E-state index contributed by atoms with van der Waals surface area (Å²) in [5.74, 6) is -1.25. The van der Waals surface area contributed by atoms with Gasteiger partial charge >= 0.3 is 6.09 Å². The predicted octanol–water partition coefficient (Wildman–Crippen LogP) is 3.35. The van der Waals surface area contributed by atoms with Crippen LogP contribution in [0.2, 0.25) is 0 Å². The monoisotopic (exact) mass is 299 g/mol. The number of hydrogen-bond donors (Lipinski definition) is 0. The van der Waals surface area contributed by atoms with E-state index in [-0.39, 0.29) is 11.9 Å². The molecule has 0 N–H and O–H groups in total. The Morgan fingerprint density at radius 3 is 2.43 bits per heavy atom. The minimum Gasteiger partial charge on any atom is -0.488 e. The van der Waals surface area contributed by atoms with Crippen LogP contribution in [-0.2, 0) is 4.74 Å². The van der Waals surface area contributed by atoms with E-state index in [0.717, 1.165) is 18.2 Å². The van der Waals surface area contributed by atoms with E-state index in [0.29, 0.717) is 19.5 Å². The number of likely N-dealkylation sites (tertiary alicyclic amines) is 1. The molecule has 1 aliphatic heterocycles. The van der Waals surface area contributed by atoms with Gasteiger partial charge in [-0.05, 0) is 20.8 Å². The van der Waals surface area contributed by atoms with Crippen molar-refractivity contribution in [3.8, 4) is 5.75 Å². The van der Waals surface area contributed by atoms with E-state index in [4.69, 9.17) is 9.47 Å². The van der Waals surface area contributed by atoms with Gasteiger partial charge in [0, 0.05) is 31.2 Å². The Morgan fingerprint density at radius 2 is 1.86 bits per heavy atom. The smallest absolute Gasteiger partial charge is 0.410 e. The number of benzene rings is 1. The van der Waals surface area contributed by atoms with E-state index >= 15 is 0 Å². The third kappa shape index (κ3) is 4.58. The number of ether oxygens (including phenoxy) is 2. The molecule has 1 atom stereocenters. The van der Waals surface area contributed by atoms with Crippen LogP contribution in [0.5, 0.6) is 5.75 Å². The normalized spacial score (nSPS) is 18.7. The van der Waals surface area contributed by atoms with Gasteiger partial charge in [0.1, 0.15) is 29.1 Å². The number of rotatable bonds is 2. The largest absolute Gasteiger partial charge is 0.488 e. The fourth-order valence-corrected chi connectivity index (χ4v) is 2.11. The zero-order valence-corrected chi connectivity index (χ0v) is 12.4. The Bertz CT molecular complexity index is 508. The summed E-state index contributed by atoms with van der Waals surface area (Å²) >= 11 is 0. The highest BCUT2D eigenvalue weighted by molar-refractivity contribution is 5.68. The van der Waals surface area contributed by atoms with E-state index in [1.165, 1.54) is 4.90 Å². The Labute approximate surface area is 122 Å². The van der Waals surface area contributed by atoms with Crippen molar-refractivity contribution in [2.45, 2.75) is 38.9 Å². The number of carbonyl (C=O) groups excluding carboxylic acids is 1. The molecule has 1 amide bonds. The molecule has 1 aliphatic rings. The highest BCUT2D eigenvalue weighted by Gasteiger charge is 2.30. The van der Waals surface area contributed by atoms with Crippen molar-refractivity contribution in [1.82, 2.24) is 4.90 Å². The fourth-order valence-electron chi connectivity index (χ4n) is 2.11. The Kier molecular flexibility index (Phi) is 4.34. The Balaban J connectivity index is 1.92. The van der Waals surface area contributed by atoms with Crippen LogP contribution in [0.4, 0.5) is 13.6 Å². The molecular formula is C15H19F2NO3. The number of amides is 1. The maximum atomic E-state index is 13.1. The van der Waals surface area contributed by atoms with Crippen molar-refractivity contribution in [2.24, 2.45) is 0 Å². The average molecular weight is 299 g/mol. The molecule has 0 spiro atoms. The molecule has 1 heterocycles. The van der Waals surface area contributed by atoms with Crippen molar-refractivity contribution < 1.29 is 23.0 Å². The van der Waals surface area contributed by atoms with Crippen LogP contribution in [0.25, 0.3) is 0 Å². The molecular weight excluding hydrogens is 280 g/mol. The minimum absolute atomic E-state index is 0.128. The fraction of sp³-hybridized carbons (Fsp3) is 0.533. The molecule has 4 nitrogen and oxygen atoms in total. The first-order valence-electron chi connectivity index (χ1n) is 6.83. The van der Waals surface area contributed by atoms with Crippen LogP contribution in [0, 0.1) is 11.6 Å². The summed E-state index contributed by atoms with van der Waals surface area (Å²) in [7, 11) is 0. The van der Waals surface area contributed by atoms with Crippen molar-refractivity contribution in [2.75, 3.05) is 13.1 Å². The number of hydrogen-bond acceptors (Lipinski definition) is 3. The predicted molar refractivity (Wildman–Crippen MR) is 73.2 cm³/mol. The molecule has 1 fully saturated rings. The SMILES string of the molecule is CC(C)(C)OC(=O)N1CC[C@H](Oc2cc(F)cc(F)c2)C1. The number of nitrogens with zero attached hydrogens (tertiary/aromatic N) is 1. The molecule has 1 aromatic carbocycles. The second kappa shape index (κ2) is 5.87. The maximum Gasteiger partial charge on any atom is 0.410 e. The zero-order valence-electron chi connectivity index (χ0n) is 12.4. The van der Waals surface area contributed by atoms with Crippen molar-refractivity contribution >= 4 is 6.09 Å². The molecule has 0 aliphatic carbocycles. The summed E-state index contributed by atoms with van der Waals surface area (Å²) in [5.41, 5.74) is -0.554. The van der Waals surface area contributed by atoms with E-state index in [1.807, 2.05) is 0 Å². The summed E-state index contributed by atoms with van der Waals surface area (Å²) in [6.07, 6.45) is -0.102. The van der Waals surface area contributed by atoms with Crippen LogP contribution in [-0.4, -0.2) is 35.8 Å². The standard InChI is InChI=1S/C15H19F2NO3/c1-15(2,3)21-14(19)18-5-4-12(9-18)20-13-7-10(16)6-11(17)8-13/h6-8,12H,4-5,9H2,1-3H3/t12-/m0/s1. The van der Waals surface area contributed by atoms with Crippen LogP contribution in [0.3, 0.4) is 0 Å². The minimum atomic E-state index is -0.688. The first-order chi connectivity index (χ1) is 9.73. The lowest BCUT2D eigenvalue weighted by Gasteiger charge is -2.24. The van der Waals surface area contributed by atoms with Gasteiger partial charge in [-0.15, -0.1) is 0 Å². The van der Waals surface area contributed by atoms with Crippen LogP contribution < -0.4 is 4.74 Å². The van der Waals surface area contributed by atoms with Gasteiger partial charge < -0.3 is 14.4 Å². The van der Waals surface area contributed by atoms with Gasteiger partial charge in [0.25, 0.3) is 0 Å². The van der Waals surface area contributed by atoms with Gasteiger partial charge in [-0.1, -0.05) is 0 Å². The molecule has 0 radical (unpaired) electrons. The van der Waals surface area contributed by atoms with Crippen molar-refractivity contribution in [3.05, 3.63) is 29.8 Å². The second-order valence-corrected chi connectivity index (χ2v) is 6.06. The van der Waals surface area contributed by atoms with E-state index in [1.54, 1.807) is 20.8 Å². The lowest BCUT2D eigenvalue weighted by Crippen LogP contribution is -2.36. The number of carbonyl (C=O) groups is 1. The van der Waals surface area contributed by atoms with Gasteiger partial charge in [0.05, 0.1) is 6.54 Å². The van der Waals surface area contributed by atoms with E-state index in [2.05, 4.69) is 0 Å². The summed E-state index contributed by atoms with van der Waals surface area (Å²) < 4.78 is 37.0. The quantitative estimate of drug-likeness (QED) is 0.840. The molecule has 1 aromatic rings. The highest BCUT2D eigenvalue weighted by Crippen LogP contribution is 2.22. The summed E-state index contributed by atoms with van der Waals surface area (Å²) in [6, 6.07) is 3.03. The lowest BCUT2D eigenvalue weighted by molar-refractivity contribution is 0.0275. The van der Waals surface area contributed by atoms with Gasteiger partial charge in [-0.25, -0.2) is 13.6 Å². The molecule has 0 unspecified atom stereocenters. The molecule has 1 saturated heterocycles. The highest BCUT2D eigenvalue weighted by atomic mass is 19.1. The summed E-state index contributed by atoms with van der Waals surface area (Å²) in [4.78, 5) is 13.4. The first-order valence-corrected chi connectivity index (χ1v) is 6.83. The number of halogens is 2. The Morgan fingerprint density at radius 1 is 1.24 bits per heavy atom. The van der Waals surface area contributed by atoms with Crippen LogP contribution >= 0.6 is 0 Å². The van der Waals surface area contributed by atoms with E-state index in [9.17, 15) is 13.6 Å². The van der Waals surface area contributed by atoms with Gasteiger partial charge in [0.15, 0.2) is 0 Å². The third-order valence-corrected chi connectivity index (χ3v) is 2.94. The topological polar surface area (TPSA) is 38.8 Å². The summed E-state index contributed by atoms with van der Waals surface area (Å²) in [5, 5.41) is 0. The van der Waals surface area contributed by atoms with Gasteiger partial charge in [0.2, 0.25) is 0 Å². The van der Waals surface area contributed by atoms with Crippen LogP contribution in [0.15, 0.2) is 18.2 Å². The molecule has 21 heavy (non-hydrogen) atoms. The summed E-state index contributed by atoms with van der Waals surface area (Å²) in [6.45, 7) is 6.23. The molecule has 6 heteroatoms. The molecule has 2 rings (SSSR count). The molecule has 116 valence electrons. The lowest BCUT2D eigenvalue weighted by atomic mass is 10.2. The van der Waals surface area contributed by atoms with Gasteiger partial charge in [-0.3, -0.25) is 0 Å². The van der Waals surface area contributed by atoms with Crippen LogP contribution in [0.1, 0.15) is 27.2 Å². The Hall–Kier alpha value is -1.85. The first kappa shape index (κ1) is 15.5. The molecule has 0 aromatic heterocycles. The van der Waals surface area contributed by atoms with E-state index < -0.39 is 23.3 Å². The third-order valence-electron chi connectivity index (χ3n) is 2.94. The van der Waals surface area contributed by atoms with Gasteiger partial charge in [-0.2, -0.15) is 0 Å². The van der Waals surface area contributed by atoms with Crippen molar-refractivity contribution in [3.63, 3.8) is 0 Å². The zero-order chi connectivity index (χ0) is 15.6. The average Bonchev–Trinajstić information content (AvgIpc) is 2.73. The van der Waals surface area contributed by atoms with Crippen molar-refractivity contribution in [1.29, 1.82) is 0 Å². The maximum absolute atomic E-state index is 13.1.